The smallest absolute Gasteiger partial charge is 0.155 e. The van der Waals surface area contributed by atoms with E-state index in [2.05, 4.69) is 0 Å². The van der Waals surface area contributed by atoms with E-state index in [1.54, 1.807) is 12.1 Å². The minimum Gasteiger partial charge on any atom is -0.491 e. The van der Waals surface area contributed by atoms with Crippen molar-refractivity contribution in [2.75, 3.05) is 6.61 Å². The highest BCUT2D eigenvalue weighted by Gasteiger charge is 2.23. The SMILES string of the molecule is OC1CC[C@@H](COc2ccc(F)cc2)O1. The highest BCUT2D eigenvalue weighted by Crippen LogP contribution is 2.19. The molecular formula is C11H13FO3. The van der Waals surface area contributed by atoms with Crippen LogP contribution < -0.4 is 4.74 Å². The Balaban J connectivity index is 1.80. The van der Waals surface area contributed by atoms with Crippen molar-refractivity contribution in [3.05, 3.63) is 30.1 Å². The predicted molar refractivity (Wildman–Crippen MR) is 52.0 cm³/mol. The number of aliphatic hydroxyl groups is 1. The van der Waals surface area contributed by atoms with Crippen LogP contribution in [0.1, 0.15) is 12.8 Å². The molecule has 82 valence electrons. The van der Waals surface area contributed by atoms with Crippen LogP contribution in [0.2, 0.25) is 0 Å². The fraction of sp³-hybridized carbons (Fsp3) is 0.455. The molecule has 2 rings (SSSR count). The zero-order chi connectivity index (χ0) is 10.7. The van der Waals surface area contributed by atoms with E-state index >= 15 is 0 Å². The lowest BCUT2D eigenvalue weighted by molar-refractivity contribution is -0.0984. The van der Waals surface area contributed by atoms with Crippen LogP contribution >= 0.6 is 0 Å². The van der Waals surface area contributed by atoms with Crippen LogP contribution in [0.4, 0.5) is 4.39 Å². The lowest BCUT2D eigenvalue weighted by Gasteiger charge is -2.11. The van der Waals surface area contributed by atoms with Crippen LogP contribution in [0.3, 0.4) is 0 Å². The molecule has 1 aromatic rings. The molecule has 0 spiro atoms. The Kier molecular flexibility index (Phi) is 3.18. The molecule has 1 heterocycles. The average Bonchev–Trinajstić information content (AvgIpc) is 2.64. The molecule has 0 aliphatic carbocycles. The summed E-state index contributed by atoms with van der Waals surface area (Å²) in [6.45, 7) is 0.392. The Morgan fingerprint density at radius 2 is 2.07 bits per heavy atom. The van der Waals surface area contributed by atoms with Crippen LogP contribution in [-0.2, 0) is 4.74 Å². The summed E-state index contributed by atoms with van der Waals surface area (Å²) in [4.78, 5) is 0. The van der Waals surface area contributed by atoms with Gasteiger partial charge in [-0.2, -0.15) is 0 Å². The van der Waals surface area contributed by atoms with Gasteiger partial charge in [-0.25, -0.2) is 4.39 Å². The van der Waals surface area contributed by atoms with Crippen molar-refractivity contribution in [3.63, 3.8) is 0 Å². The van der Waals surface area contributed by atoms with Crippen molar-refractivity contribution in [1.29, 1.82) is 0 Å². The summed E-state index contributed by atoms with van der Waals surface area (Å²) in [7, 11) is 0. The zero-order valence-electron chi connectivity index (χ0n) is 8.23. The summed E-state index contributed by atoms with van der Waals surface area (Å²) in [5.74, 6) is 0.330. The predicted octanol–water partition coefficient (Wildman–Crippen LogP) is 1.70. The molecule has 1 aromatic carbocycles. The number of halogens is 1. The Morgan fingerprint density at radius 1 is 1.33 bits per heavy atom. The maximum atomic E-state index is 12.6. The van der Waals surface area contributed by atoms with E-state index in [-0.39, 0.29) is 11.9 Å². The molecule has 0 bridgehead atoms. The minimum absolute atomic E-state index is 0.0648. The van der Waals surface area contributed by atoms with Gasteiger partial charge in [0.2, 0.25) is 0 Å². The van der Waals surface area contributed by atoms with Crippen molar-refractivity contribution < 1.29 is 19.0 Å². The molecule has 1 saturated heterocycles. The third kappa shape index (κ3) is 2.91. The average molecular weight is 212 g/mol. The normalized spacial score (nSPS) is 25.5. The number of rotatable bonds is 3. The maximum absolute atomic E-state index is 12.6. The van der Waals surface area contributed by atoms with Gasteiger partial charge < -0.3 is 14.6 Å². The van der Waals surface area contributed by atoms with Gasteiger partial charge in [-0.15, -0.1) is 0 Å². The molecule has 15 heavy (non-hydrogen) atoms. The van der Waals surface area contributed by atoms with Gasteiger partial charge in [0.05, 0.1) is 6.10 Å². The molecule has 1 aliphatic rings. The van der Waals surface area contributed by atoms with Crippen LogP contribution in [0.25, 0.3) is 0 Å². The van der Waals surface area contributed by atoms with Gasteiger partial charge in [-0.3, -0.25) is 0 Å². The van der Waals surface area contributed by atoms with Gasteiger partial charge in [-0.05, 0) is 30.7 Å². The maximum Gasteiger partial charge on any atom is 0.155 e. The zero-order valence-corrected chi connectivity index (χ0v) is 8.23. The van der Waals surface area contributed by atoms with E-state index in [9.17, 15) is 4.39 Å². The molecule has 1 N–H and O–H groups in total. The van der Waals surface area contributed by atoms with E-state index in [0.29, 0.717) is 18.8 Å². The summed E-state index contributed by atoms with van der Waals surface area (Å²) in [5.41, 5.74) is 0. The molecule has 1 aliphatic heterocycles. The van der Waals surface area contributed by atoms with Crippen molar-refractivity contribution in [2.24, 2.45) is 0 Å². The second-order valence-electron chi connectivity index (χ2n) is 3.56. The first-order valence-electron chi connectivity index (χ1n) is 4.96. The van der Waals surface area contributed by atoms with Crippen LogP contribution in [0, 0.1) is 5.82 Å². The highest BCUT2D eigenvalue weighted by molar-refractivity contribution is 5.22. The summed E-state index contributed by atoms with van der Waals surface area (Å²) < 4.78 is 23.1. The molecule has 0 radical (unpaired) electrons. The van der Waals surface area contributed by atoms with Crippen molar-refractivity contribution in [2.45, 2.75) is 25.2 Å². The lowest BCUT2D eigenvalue weighted by atomic mass is 10.2. The summed E-state index contributed by atoms with van der Waals surface area (Å²) in [6, 6.07) is 5.83. The molecule has 1 unspecified atom stereocenters. The van der Waals surface area contributed by atoms with E-state index in [4.69, 9.17) is 14.6 Å². The Bertz CT molecular complexity index is 312. The first kappa shape index (κ1) is 10.4. The first-order chi connectivity index (χ1) is 7.24. The lowest BCUT2D eigenvalue weighted by Crippen LogP contribution is -2.18. The molecule has 2 atom stereocenters. The number of aliphatic hydroxyl groups excluding tert-OH is 1. The fourth-order valence-corrected chi connectivity index (χ4v) is 1.53. The number of hydrogen-bond acceptors (Lipinski definition) is 3. The van der Waals surface area contributed by atoms with Crippen LogP contribution in [0.15, 0.2) is 24.3 Å². The van der Waals surface area contributed by atoms with Crippen LogP contribution in [-0.4, -0.2) is 24.1 Å². The molecule has 0 amide bonds. The fourth-order valence-electron chi connectivity index (χ4n) is 1.53. The van der Waals surface area contributed by atoms with Crippen molar-refractivity contribution in [3.8, 4) is 5.75 Å². The van der Waals surface area contributed by atoms with E-state index < -0.39 is 6.29 Å². The standard InChI is InChI=1S/C11H13FO3/c12-8-1-3-9(4-2-8)14-7-10-5-6-11(13)15-10/h1-4,10-11,13H,5-7H2/t10-,11?/m0/s1. The molecule has 0 saturated carbocycles. The molecule has 0 aromatic heterocycles. The summed E-state index contributed by atoms with van der Waals surface area (Å²) >= 11 is 0. The van der Waals surface area contributed by atoms with Gasteiger partial charge in [0, 0.05) is 6.42 Å². The van der Waals surface area contributed by atoms with Crippen LogP contribution in [0.5, 0.6) is 5.75 Å². The topological polar surface area (TPSA) is 38.7 Å². The molecule has 3 nitrogen and oxygen atoms in total. The van der Waals surface area contributed by atoms with Gasteiger partial charge >= 0.3 is 0 Å². The van der Waals surface area contributed by atoms with Gasteiger partial charge in [-0.1, -0.05) is 0 Å². The second kappa shape index (κ2) is 4.59. The molecule has 4 heteroatoms. The third-order valence-corrected chi connectivity index (χ3v) is 2.33. The van der Waals surface area contributed by atoms with E-state index in [1.165, 1.54) is 12.1 Å². The molecular weight excluding hydrogens is 199 g/mol. The largest absolute Gasteiger partial charge is 0.491 e. The summed E-state index contributed by atoms with van der Waals surface area (Å²) in [5, 5.41) is 9.11. The third-order valence-electron chi connectivity index (χ3n) is 2.33. The van der Waals surface area contributed by atoms with Gasteiger partial charge in [0.1, 0.15) is 18.2 Å². The quantitative estimate of drug-likeness (QED) is 0.828. The van der Waals surface area contributed by atoms with E-state index in [0.717, 1.165) is 6.42 Å². The number of ether oxygens (including phenoxy) is 2. The molecule has 1 fully saturated rings. The van der Waals surface area contributed by atoms with Crippen molar-refractivity contribution in [1.82, 2.24) is 0 Å². The minimum atomic E-state index is -0.660. The van der Waals surface area contributed by atoms with Crippen molar-refractivity contribution >= 4 is 0 Å². The first-order valence-corrected chi connectivity index (χ1v) is 4.96. The monoisotopic (exact) mass is 212 g/mol. The highest BCUT2D eigenvalue weighted by atomic mass is 19.1. The van der Waals surface area contributed by atoms with E-state index in [1.807, 2.05) is 0 Å². The Labute approximate surface area is 87.4 Å². The number of benzene rings is 1. The van der Waals surface area contributed by atoms with Gasteiger partial charge in [0.25, 0.3) is 0 Å². The Hall–Kier alpha value is -1.13. The van der Waals surface area contributed by atoms with Gasteiger partial charge in [0.15, 0.2) is 6.29 Å². The number of hydrogen-bond donors (Lipinski definition) is 1. The second-order valence-corrected chi connectivity index (χ2v) is 3.56. The Morgan fingerprint density at radius 3 is 2.67 bits per heavy atom. The summed E-state index contributed by atoms with van der Waals surface area (Å²) in [6.07, 6.45) is 0.719.